The van der Waals surface area contributed by atoms with Crippen molar-refractivity contribution in [2.75, 3.05) is 17.2 Å². The second kappa shape index (κ2) is 9.26. The zero-order valence-corrected chi connectivity index (χ0v) is 13.7. The molecule has 0 aliphatic rings. The molecule has 1 amide bonds. The van der Waals surface area contributed by atoms with Crippen LogP contribution in [0.15, 0.2) is 36.5 Å². The molecular weight excluding hydrogens is 302 g/mol. The summed E-state index contributed by atoms with van der Waals surface area (Å²) in [6.45, 7) is 2.93. The number of anilines is 2. The van der Waals surface area contributed by atoms with Gasteiger partial charge < -0.3 is 10.6 Å². The minimum atomic E-state index is -0.306. The lowest BCUT2D eigenvalue weighted by molar-refractivity contribution is 0.102. The van der Waals surface area contributed by atoms with Crippen LogP contribution < -0.4 is 10.6 Å². The summed E-state index contributed by atoms with van der Waals surface area (Å²) in [5, 5.41) is 15.0. The molecule has 1 aromatic heterocycles. The summed E-state index contributed by atoms with van der Waals surface area (Å²) in [6.07, 6.45) is 5.99. The molecule has 2 aromatic rings. The van der Waals surface area contributed by atoms with Gasteiger partial charge >= 0.3 is 0 Å². The molecule has 24 heavy (non-hydrogen) atoms. The number of carbonyl (C=O) groups is 1. The molecule has 0 aliphatic heterocycles. The average Bonchev–Trinajstić information content (AvgIpc) is 2.62. The highest BCUT2D eigenvalue weighted by molar-refractivity contribution is 6.04. The second-order valence-electron chi connectivity index (χ2n) is 5.38. The topological polar surface area (TPSA) is 90.7 Å². The van der Waals surface area contributed by atoms with Crippen molar-refractivity contribution in [1.82, 2.24) is 9.97 Å². The van der Waals surface area contributed by atoms with E-state index < -0.39 is 0 Å². The van der Waals surface area contributed by atoms with E-state index in [1.807, 2.05) is 12.1 Å². The van der Waals surface area contributed by atoms with Crippen LogP contribution in [0.2, 0.25) is 0 Å². The smallest absolute Gasteiger partial charge is 0.256 e. The highest BCUT2D eigenvalue weighted by atomic mass is 16.1. The second-order valence-corrected chi connectivity index (χ2v) is 5.38. The lowest BCUT2D eigenvalue weighted by atomic mass is 10.2. The quantitative estimate of drug-likeness (QED) is 0.724. The van der Waals surface area contributed by atoms with E-state index >= 15 is 0 Å². The summed E-state index contributed by atoms with van der Waals surface area (Å²) in [5.41, 5.74) is 0.741. The third kappa shape index (κ3) is 5.06. The molecule has 0 aliphatic carbocycles. The minimum Gasteiger partial charge on any atom is -0.354 e. The van der Waals surface area contributed by atoms with Crippen LogP contribution in [0.1, 0.15) is 48.5 Å². The van der Waals surface area contributed by atoms with E-state index in [4.69, 9.17) is 5.26 Å². The van der Waals surface area contributed by atoms with E-state index in [1.165, 1.54) is 19.0 Å². The summed E-state index contributed by atoms with van der Waals surface area (Å²) in [4.78, 5) is 20.6. The predicted octanol–water partition coefficient (Wildman–Crippen LogP) is 3.59. The van der Waals surface area contributed by atoms with Crippen LogP contribution in [-0.2, 0) is 0 Å². The fraction of sp³-hybridized carbons (Fsp3) is 0.333. The first-order valence-corrected chi connectivity index (χ1v) is 8.12. The van der Waals surface area contributed by atoms with Gasteiger partial charge in [0.15, 0.2) is 5.82 Å². The Morgan fingerprint density at radius 3 is 2.71 bits per heavy atom. The molecular formula is C18H21N5O. The van der Waals surface area contributed by atoms with E-state index in [9.17, 15) is 4.79 Å². The molecule has 0 bridgehead atoms. The number of aromatic nitrogens is 2. The van der Waals surface area contributed by atoms with E-state index in [2.05, 4.69) is 27.5 Å². The number of nitriles is 1. The largest absolute Gasteiger partial charge is 0.354 e. The summed E-state index contributed by atoms with van der Waals surface area (Å²) < 4.78 is 0. The van der Waals surface area contributed by atoms with Crippen molar-refractivity contribution in [2.24, 2.45) is 0 Å². The van der Waals surface area contributed by atoms with Crippen LogP contribution in [-0.4, -0.2) is 22.4 Å². The number of hydrogen-bond acceptors (Lipinski definition) is 5. The van der Waals surface area contributed by atoms with Crippen LogP contribution in [0.4, 0.5) is 11.8 Å². The molecule has 0 fully saturated rings. The van der Waals surface area contributed by atoms with Crippen LogP contribution in [0.3, 0.4) is 0 Å². The molecule has 0 saturated heterocycles. The standard InChI is InChI=1S/C18H21N5O/c1-2-3-4-8-11-20-18-21-13-15(12-19)16(23-18)22-17(24)14-9-6-5-7-10-14/h5-7,9-10,13H,2-4,8,11H2,1H3,(H2,20,21,22,23,24). The van der Waals surface area contributed by atoms with Crippen molar-refractivity contribution in [3.63, 3.8) is 0 Å². The SMILES string of the molecule is CCCCCCNc1ncc(C#N)c(NC(=O)c2ccccc2)n1. The Hall–Kier alpha value is -2.94. The maximum absolute atomic E-state index is 12.2. The van der Waals surface area contributed by atoms with E-state index in [0.29, 0.717) is 11.5 Å². The molecule has 1 aromatic carbocycles. The van der Waals surface area contributed by atoms with Gasteiger partial charge in [-0.1, -0.05) is 44.4 Å². The number of hydrogen-bond donors (Lipinski definition) is 2. The summed E-state index contributed by atoms with van der Waals surface area (Å²) in [6, 6.07) is 10.8. The Balaban J connectivity index is 2.03. The Labute approximate surface area is 142 Å². The van der Waals surface area contributed by atoms with Gasteiger partial charge in [-0.2, -0.15) is 10.2 Å². The Morgan fingerprint density at radius 2 is 2.00 bits per heavy atom. The zero-order valence-electron chi connectivity index (χ0n) is 13.7. The van der Waals surface area contributed by atoms with Crippen molar-refractivity contribution >= 4 is 17.7 Å². The molecule has 0 saturated carbocycles. The van der Waals surface area contributed by atoms with Gasteiger partial charge in [0, 0.05) is 12.1 Å². The van der Waals surface area contributed by atoms with Crippen molar-refractivity contribution in [2.45, 2.75) is 32.6 Å². The number of nitrogens with zero attached hydrogens (tertiary/aromatic N) is 3. The summed E-state index contributed by atoms with van der Waals surface area (Å²) in [5.74, 6) is 0.325. The van der Waals surface area contributed by atoms with E-state index in [0.717, 1.165) is 19.4 Å². The first-order valence-electron chi connectivity index (χ1n) is 8.12. The number of benzene rings is 1. The van der Waals surface area contributed by atoms with Crippen molar-refractivity contribution in [3.8, 4) is 6.07 Å². The molecule has 0 spiro atoms. The summed E-state index contributed by atoms with van der Waals surface area (Å²) in [7, 11) is 0. The Morgan fingerprint density at radius 1 is 1.21 bits per heavy atom. The van der Waals surface area contributed by atoms with Crippen molar-refractivity contribution in [3.05, 3.63) is 47.7 Å². The minimum absolute atomic E-state index is 0.220. The van der Waals surface area contributed by atoms with Crippen molar-refractivity contribution in [1.29, 1.82) is 5.26 Å². The van der Waals surface area contributed by atoms with Gasteiger partial charge in [-0.05, 0) is 18.6 Å². The maximum Gasteiger partial charge on any atom is 0.256 e. The number of carbonyl (C=O) groups excluding carboxylic acids is 1. The molecule has 1 heterocycles. The van der Waals surface area contributed by atoms with Gasteiger partial charge in [0.1, 0.15) is 11.6 Å². The van der Waals surface area contributed by atoms with Crippen LogP contribution >= 0.6 is 0 Å². The molecule has 6 nitrogen and oxygen atoms in total. The lowest BCUT2D eigenvalue weighted by Gasteiger charge is -2.09. The average molecular weight is 323 g/mol. The molecule has 0 radical (unpaired) electrons. The van der Waals surface area contributed by atoms with Gasteiger partial charge in [-0.25, -0.2) is 4.98 Å². The first kappa shape index (κ1) is 17.4. The fourth-order valence-electron chi connectivity index (χ4n) is 2.17. The van der Waals surface area contributed by atoms with Crippen LogP contribution in [0, 0.1) is 11.3 Å². The van der Waals surface area contributed by atoms with Gasteiger partial charge in [0.05, 0.1) is 6.20 Å². The number of amides is 1. The van der Waals surface area contributed by atoms with Gasteiger partial charge in [0.25, 0.3) is 5.91 Å². The monoisotopic (exact) mass is 323 g/mol. The summed E-state index contributed by atoms with van der Waals surface area (Å²) >= 11 is 0. The third-order valence-corrected chi connectivity index (χ3v) is 3.49. The molecule has 124 valence electrons. The highest BCUT2D eigenvalue weighted by Crippen LogP contribution is 2.14. The maximum atomic E-state index is 12.2. The molecule has 0 unspecified atom stereocenters. The molecule has 2 N–H and O–H groups in total. The molecule has 6 heteroatoms. The number of rotatable bonds is 8. The van der Waals surface area contributed by atoms with Crippen LogP contribution in [0.5, 0.6) is 0 Å². The first-order chi connectivity index (χ1) is 11.7. The normalized spacial score (nSPS) is 10.0. The van der Waals surface area contributed by atoms with Gasteiger partial charge in [-0.15, -0.1) is 0 Å². The molecule has 0 atom stereocenters. The van der Waals surface area contributed by atoms with E-state index in [1.54, 1.807) is 24.3 Å². The van der Waals surface area contributed by atoms with Gasteiger partial charge in [-0.3, -0.25) is 4.79 Å². The van der Waals surface area contributed by atoms with Gasteiger partial charge in [0.2, 0.25) is 5.95 Å². The van der Waals surface area contributed by atoms with Crippen molar-refractivity contribution < 1.29 is 4.79 Å². The highest BCUT2D eigenvalue weighted by Gasteiger charge is 2.12. The Kier molecular flexibility index (Phi) is 6.72. The molecule has 2 rings (SSSR count). The predicted molar refractivity (Wildman–Crippen MR) is 93.8 cm³/mol. The van der Waals surface area contributed by atoms with E-state index in [-0.39, 0.29) is 17.3 Å². The lowest BCUT2D eigenvalue weighted by Crippen LogP contribution is -2.15. The number of unbranched alkanes of at least 4 members (excludes halogenated alkanes) is 3. The Bertz CT molecular complexity index is 709. The zero-order chi connectivity index (χ0) is 17.2. The van der Waals surface area contributed by atoms with Crippen LogP contribution in [0.25, 0.3) is 0 Å². The number of nitrogens with one attached hydrogen (secondary N) is 2. The fourth-order valence-corrected chi connectivity index (χ4v) is 2.17. The third-order valence-electron chi connectivity index (χ3n) is 3.49.